The minimum atomic E-state index is 0.244. The number of aryl methyl sites for hydroxylation is 1. The average molecular weight is 342 g/mol. The van der Waals surface area contributed by atoms with E-state index in [0.29, 0.717) is 5.92 Å². The van der Waals surface area contributed by atoms with Gasteiger partial charge in [-0.2, -0.15) is 0 Å². The van der Waals surface area contributed by atoms with E-state index < -0.39 is 0 Å². The molecule has 18 heavy (non-hydrogen) atoms. The summed E-state index contributed by atoms with van der Waals surface area (Å²) in [5.41, 5.74) is 7.99. The summed E-state index contributed by atoms with van der Waals surface area (Å²) in [5.74, 6) is 0.550. The molecular formula is C14H16BrNS2. The molecular weight excluding hydrogens is 326 g/mol. The number of fused-ring (bicyclic) bond motifs is 1. The highest BCUT2D eigenvalue weighted by Gasteiger charge is 2.27. The molecule has 1 nitrogen and oxygen atoms in total. The van der Waals surface area contributed by atoms with Crippen molar-refractivity contribution in [2.45, 2.75) is 37.6 Å². The Morgan fingerprint density at radius 3 is 2.94 bits per heavy atom. The van der Waals surface area contributed by atoms with Gasteiger partial charge in [-0.05, 0) is 70.1 Å². The zero-order chi connectivity index (χ0) is 12.5. The highest BCUT2D eigenvalue weighted by molar-refractivity contribution is 9.10. The van der Waals surface area contributed by atoms with Crippen molar-refractivity contribution < 1.29 is 0 Å². The molecule has 2 aromatic heterocycles. The molecule has 0 aliphatic heterocycles. The van der Waals surface area contributed by atoms with Gasteiger partial charge in [-0.25, -0.2) is 0 Å². The predicted molar refractivity (Wildman–Crippen MR) is 83.7 cm³/mol. The van der Waals surface area contributed by atoms with Crippen molar-refractivity contribution in [3.05, 3.63) is 42.7 Å². The zero-order valence-corrected chi connectivity index (χ0v) is 13.3. The maximum atomic E-state index is 6.47. The minimum absolute atomic E-state index is 0.244. The Labute approximate surface area is 124 Å². The molecule has 0 spiro atoms. The van der Waals surface area contributed by atoms with Crippen molar-refractivity contribution >= 4 is 38.6 Å². The SMILES string of the molecule is NC(Cc1sccc1Br)C1CCCc2sccc21. The van der Waals surface area contributed by atoms with Crippen molar-refractivity contribution in [2.24, 2.45) is 5.73 Å². The van der Waals surface area contributed by atoms with Crippen LogP contribution in [0, 0.1) is 0 Å². The minimum Gasteiger partial charge on any atom is -0.327 e. The molecule has 0 saturated heterocycles. The van der Waals surface area contributed by atoms with Crippen molar-refractivity contribution in [2.75, 3.05) is 0 Å². The summed E-state index contributed by atoms with van der Waals surface area (Å²) in [5, 5.41) is 4.35. The lowest BCUT2D eigenvalue weighted by molar-refractivity contribution is 0.465. The van der Waals surface area contributed by atoms with Crippen LogP contribution >= 0.6 is 38.6 Å². The van der Waals surface area contributed by atoms with E-state index in [1.807, 2.05) is 11.3 Å². The third-order valence-electron chi connectivity index (χ3n) is 3.73. The Morgan fingerprint density at radius 1 is 1.33 bits per heavy atom. The largest absolute Gasteiger partial charge is 0.327 e. The van der Waals surface area contributed by atoms with Crippen LogP contribution in [-0.2, 0) is 12.8 Å². The molecule has 2 atom stereocenters. The third-order valence-corrected chi connectivity index (χ3v) is 6.67. The molecule has 0 saturated carbocycles. The van der Waals surface area contributed by atoms with Gasteiger partial charge in [0.1, 0.15) is 0 Å². The lowest BCUT2D eigenvalue weighted by atomic mass is 9.81. The van der Waals surface area contributed by atoms with Crippen molar-refractivity contribution in [1.29, 1.82) is 0 Å². The van der Waals surface area contributed by atoms with Gasteiger partial charge >= 0.3 is 0 Å². The highest BCUT2D eigenvalue weighted by atomic mass is 79.9. The summed E-state index contributed by atoms with van der Waals surface area (Å²) in [6.07, 6.45) is 4.77. The molecule has 4 heteroatoms. The normalized spacial score (nSPS) is 20.7. The molecule has 0 fully saturated rings. The van der Waals surface area contributed by atoms with E-state index in [-0.39, 0.29) is 6.04 Å². The molecule has 96 valence electrons. The maximum Gasteiger partial charge on any atom is 0.0314 e. The lowest BCUT2D eigenvalue weighted by Crippen LogP contribution is -2.32. The van der Waals surface area contributed by atoms with Crippen LogP contribution in [-0.4, -0.2) is 6.04 Å². The molecule has 0 bridgehead atoms. The van der Waals surface area contributed by atoms with Gasteiger partial charge in [0.15, 0.2) is 0 Å². The zero-order valence-electron chi connectivity index (χ0n) is 10.1. The Hall–Kier alpha value is -0.160. The Bertz CT molecular complexity index is 531. The molecule has 2 unspecified atom stereocenters. The monoisotopic (exact) mass is 341 g/mol. The van der Waals surface area contributed by atoms with Crippen LogP contribution in [0.4, 0.5) is 0 Å². The van der Waals surface area contributed by atoms with E-state index >= 15 is 0 Å². The highest BCUT2D eigenvalue weighted by Crippen LogP contribution is 2.38. The van der Waals surface area contributed by atoms with E-state index in [2.05, 4.69) is 38.8 Å². The van der Waals surface area contributed by atoms with Crippen LogP contribution in [0.1, 0.15) is 34.1 Å². The summed E-state index contributed by atoms with van der Waals surface area (Å²) < 4.78 is 1.21. The van der Waals surface area contributed by atoms with Crippen molar-refractivity contribution in [3.63, 3.8) is 0 Å². The topological polar surface area (TPSA) is 26.0 Å². The standard InChI is InChI=1S/C14H16BrNS2/c15-11-5-7-18-14(11)8-12(16)9-2-1-3-13-10(9)4-6-17-13/h4-7,9,12H,1-3,8,16H2. The number of hydrogen-bond acceptors (Lipinski definition) is 3. The second-order valence-corrected chi connectivity index (χ2v) is 7.71. The fourth-order valence-corrected chi connectivity index (χ4v) is 5.38. The fraction of sp³-hybridized carbons (Fsp3) is 0.429. The first kappa shape index (κ1) is 12.9. The number of halogens is 1. The van der Waals surface area contributed by atoms with E-state index in [9.17, 15) is 0 Å². The second-order valence-electron chi connectivity index (χ2n) is 4.86. The van der Waals surface area contributed by atoms with Gasteiger partial charge in [0.05, 0.1) is 0 Å². The van der Waals surface area contributed by atoms with E-state index in [4.69, 9.17) is 5.73 Å². The van der Waals surface area contributed by atoms with Gasteiger partial charge < -0.3 is 5.73 Å². The molecule has 0 aromatic carbocycles. The van der Waals surface area contributed by atoms with Crippen LogP contribution in [0.15, 0.2) is 27.4 Å². The molecule has 2 N–H and O–H groups in total. The van der Waals surface area contributed by atoms with E-state index in [1.54, 1.807) is 16.2 Å². The molecule has 3 rings (SSSR count). The summed E-state index contributed by atoms with van der Waals surface area (Å²) in [6, 6.07) is 4.64. The smallest absolute Gasteiger partial charge is 0.0314 e. The first-order valence-electron chi connectivity index (χ1n) is 6.29. The van der Waals surface area contributed by atoms with Crippen LogP contribution in [0.2, 0.25) is 0 Å². The van der Waals surface area contributed by atoms with Gasteiger partial charge in [0.25, 0.3) is 0 Å². The predicted octanol–water partition coefficient (Wildman–Crippen LogP) is 4.56. The van der Waals surface area contributed by atoms with Crippen LogP contribution in [0.3, 0.4) is 0 Å². The average Bonchev–Trinajstić information content (AvgIpc) is 2.98. The van der Waals surface area contributed by atoms with Gasteiger partial charge in [0, 0.05) is 26.2 Å². The van der Waals surface area contributed by atoms with E-state index in [1.165, 1.54) is 34.2 Å². The number of rotatable bonds is 3. The van der Waals surface area contributed by atoms with Crippen molar-refractivity contribution in [3.8, 4) is 0 Å². The summed E-state index contributed by atoms with van der Waals surface area (Å²) >= 11 is 7.30. The van der Waals surface area contributed by atoms with Crippen LogP contribution in [0.25, 0.3) is 0 Å². The summed E-state index contributed by atoms with van der Waals surface area (Å²) in [6.45, 7) is 0. The van der Waals surface area contributed by atoms with Crippen molar-refractivity contribution in [1.82, 2.24) is 0 Å². The van der Waals surface area contributed by atoms with Crippen LogP contribution < -0.4 is 5.73 Å². The number of thiophene rings is 2. The lowest BCUT2D eigenvalue weighted by Gasteiger charge is -2.28. The van der Waals surface area contributed by atoms with Crippen LogP contribution in [0.5, 0.6) is 0 Å². The summed E-state index contributed by atoms with van der Waals surface area (Å²) in [7, 11) is 0. The molecule has 1 aliphatic rings. The van der Waals surface area contributed by atoms with Gasteiger partial charge in [0.2, 0.25) is 0 Å². The maximum absolute atomic E-state index is 6.47. The number of nitrogens with two attached hydrogens (primary N) is 1. The molecule has 2 heterocycles. The first-order chi connectivity index (χ1) is 8.75. The van der Waals surface area contributed by atoms with Gasteiger partial charge in [-0.1, -0.05) is 0 Å². The first-order valence-corrected chi connectivity index (χ1v) is 8.84. The quantitative estimate of drug-likeness (QED) is 0.869. The molecule has 2 aromatic rings. The second kappa shape index (κ2) is 5.45. The third kappa shape index (κ3) is 2.44. The molecule has 1 aliphatic carbocycles. The molecule has 0 radical (unpaired) electrons. The molecule has 0 amide bonds. The Kier molecular flexibility index (Phi) is 3.89. The van der Waals surface area contributed by atoms with E-state index in [0.717, 1.165) is 6.42 Å². The van der Waals surface area contributed by atoms with Gasteiger partial charge in [-0.15, -0.1) is 22.7 Å². The Balaban J connectivity index is 1.78. The summed E-state index contributed by atoms with van der Waals surface area (Å²) in [4.78, 5) is 2.94. The fourth-order valence-electron chi connectivity index (χ4n) is 2.79. The number of hydrogen-bond donors (Lipinski definition) is 1. The Morgan fingerprint density at radius 2 is 2.17 bits per heavy atom. The van der Waals surface area contributed by atoms with Gasteiger partial charge in [-0.3, -0.25) is 0 Å².